The number of ether oxygens (including phenoxy) is 2. The van der Waals surface area contributed by atoms with Gasteiger partial charge in [0, 0.05) is 19.3 Å². The van der Waals surface area contributed by atoms with Gasteiger partial charge in [-0.05, 0) is 49.6 Å². The fraction of sp³-hybridized carbons (Fsp3) is 0.400. The molecule has 0 aliphatic carbocycles. The number of guanidine groups is 1. The van der Waals surface area contributed by atoms with Gasteiger partial charge in [-0.1, -0.05) is 23.7 Å². The molecular formula is C20H25ClF2N4O2. The average molecular weight is 427 g/mol. The predicted molar refractivity (Wildman–Crippen MR) is 110 cm³/mol. The lowest BCUT2D eigenvalue weighted by atomic mass is 10.2. The first kappa shape index (κ1) is 22.7. The molecular weight excluding hydrogens is 402 g/mol. The number of pyridine rings is 1. The van der Waals surface area contributed by atoms with E-state index in [0.717, 1.165) is 17.5 Å². The molecule has 2 N–H and O–H groups in total. The number of rotatable bonds is 10. The number of nitrogens with zero attached hydrogens (tertiary/aromatic N) is 2. The lowest BCUT2D eigenvalue weighted by molar-refractivity contribution is -0.0514. The van der Waals surface area contributed by atoms with Crippen molar-refractivity contribution in [3.05, 3.63) is 52.8 Å². The van der Waals surface area contributed by atoms with E-state index in [1.807, 2.05) is 13.0 Å². The lowest BCUT2D eigenvalue weighted by Gasteiger charge is -2.13. The Morgan fingerprint density at radius 3 is 2.59 bits per heavy atom. The summed E-state index contributed by atoms with van der Waals surface area (Å²) in [5.74, 6) is 0.935. The Morgan fingerprint density at radius 2 is 1.93 bits per heavy atom. The summed E-state index contributed by atoms with van der Waals surface area (Å²) in [6.07, 6.45) is 2.51. The van der Waals surface area contributed by atoms with Crippen LogP contribution in [0, 0.1) is 0 Å². The van der Waals surface area contributed by atoms with E-state index in [0.29, 0.717) is 37.4 Å². The Kier molecular flexibility index (Phi) is 9.43. The van der Waals surface area contributed by atoms with Crippen LogP contribution in [0.2, 0.25) is 5.15 Å². The second-order valence-electron chi connectivity index (χ2n) is 5.95. The standard InChI is InChI=1S/C20H25ClF2N4O2/c1-3-24-20(25-10-9-14-6-8-18(21)26-12-14)27-13-15-5-7-16(29-19(22)23)17(11-15)28-4-2/h5-8,11-12,19H,3-4,9-10,13H2,1-2H3,(H2,24,25,27). The van der Waals surface area contributed by atoms with Crippen LogP contribution in [-0.4, -0.2) is 37.3 Å². The van der Waals surface area contributed by atoms with E-state index in [-0.39, 0.29) is 11.5 Å². The summed E-state index contributed by atoms with van der Waals surface area (Å²) in [5.41, 5.74) is 1.88. The molecule has 2 rings (SSSR count). The Hall–Kier alpha value is -2.61. The van der Waals surface area contributed by atoms with Crippen molar-refractivity contribution < 1.29 is 18.3 Å². The van der Waals surface area contributed by atoms with Crippen molar-refractivity contribution in [2.45, 2.75) is 33.4 Å². The number of hydrogen-bond donors (Lipinski definition) is 2. The van der Waals surface area contributed by atoms with E-state index in [4.69, 9.17) is 16.3 Å². The van der Waals surface area contributed by atoms with E-state index in [2.05, 4.69) is 25.3 Å². The molecule has 0 bridgehead atoms. The SMILES string of the molecule is CCNC(=NCc1ccc(OC(F)F)c(OCC)c1)NCCc1ccc(Cl)nc1. The van der Waals surface area contributed by atoms with Crippen LogP contribution in [0.25, 0.3) is 0 Å². The number of benzene rings is 1. The van der Waals surface area contributed by atoms with Crippen molar-refractivity contribution in [1.29, 1.82) is 0 Å². The Labute approximate surface area is 174 Å². The molecule has 0 spiro atoms. The highest BCUT2D eigenvalue weighted by molar-refractivity contribution is 6.29. The monoisotopic (exact) mass is 426 g/mol. The number of aliphatic imine (C=N–C) groups is 1. The maximum atomic E-state index is 12.5. The third-order valence-electron chi connectivity index (χ3n) is 3.78. The number of hydrogen-bond acceptors (Lipinski definition) is 4. The zero-order valence-corrected chi connectivity index (χ0v) is 17.2. The average Bonchev–Trinajstić information content (AvgIpc) is 2.69. The zero-order valence-electron chi connectivity index (χ0n) is 16.4. The summed E-state index contributed by atoms with van der Waals surface area (Å²) < 4.78 is 34.9. The molecule has 2 aromatic rings. The molecule has 29 heavy (non-hydrogen) atoms. The maximum absolute atomic E-state index is 12.5. The molecule has 1 aromatic carbocycles. The first-order valence-electron chi connectivity index (χ1n) is 9.35. The Bertz CT molecular complexity index is 789. The van der Waals surface area contributed by atoms with Crippen LogP contribution in [-0.2, 0) is 13.0 Å². The van der Waals surface area contributed by atoms with Gasteiger partial charge in [0.25, 0.3) is 0 Å². The summed E-state index contributed by atoms with van der Waals surface area (Å²) in [6, 6.07) is 8.50. The van der Waals surface area contributed by atoms with Gasteiger partial charge in [0.1, 0.15) is 5.15 Å². The Morgan fingerprint density at radius 1 is 1.14 bits per heavy atom. The van der Waals surface area contributed by atoms with Gasteiger partial charge in [0.15, 0.2) is 17.5 Å². The number of halogens is 3. The van der Waals surface area contributed by atoms with Gasteiger partial charge in [0.2, 0.25) is 0 Å². The lowest BCUT2D eigenvalue weighted by Crippen LogP contribution is -2.38. The molecule has 0 amide bonds. The van der Waals surface area contributed by atoms with Crippen LogP contribution in [0.5, 0.6) is 11.5 Å². The van der Waals surface area contributed by atoms with Crippen molar-refractivity contribution in [2.75, 3.05) is 19.7 Å². The van der Waals surface area contributed by atoms with E-state index in [1.54, 1.807) is 31.3 Å². The highest BCUT2D eigenvalue weighted by Gasteiger charge is 2.11. The van der Waals surface area contributed by atoms with Crippen molar-refractivity contribution in [3.63, 3.8) is 0 Å². The van der Waals surface area contributed by atoms with E-state index < -0.39 is 6.61 Å². The maximum Gasteiger partial charge on any atom is 0.387 e. The molecule has 0 saturated heterocycles. The molecule has 0 aliphatic heterocycles. The number of aromatic nitrogens is 1. The quantitative estimate of drug-likeness (QED) is 0.341. The number of nitrogens with one attached hydrogen (secondary N) is 2. The molecule has 1 heterocycles. The molecule has 1 aromatic heterocycles. The molecule has 0 fully saturated rings. The minimum Gasteiger partial charge on any atom is -0.490 e. The topological polar surface area (TPSA) is 67.8 Å². The minimum atomic E-state index is -2.90. The van der Waals surface area contributed by atoms with E-state index >= 15 is 0 Å². The predicted octanol–water partition coefficient (Wildman–Crippen LogP) is 4.03. The fourth-order valence-electron chi connectivity index (χ4n) is 2.50. The Balaban J connectivity index is 1.98. The van der Waals surface area contributed by atoms with E-state index in [9.17, 15) is 8.78 Å². The van der Waals surface area contributed by atoms with Crippen LogP contribution in [0.4, 0.5) is 8.78 Å². The van der Waals surface area contributed by atoms with Crippen LogP contribution in [0.1, 0.15) is 25.0 Å². The number of alkyl halides is 2. The molecule has 0 atom stereocenters. The van der Waals surface area contributed by atoms with Gasteiger partial charge >= 0.3 is 6.61 Å². The van der Waals surface area contributed by atoms with Crippen LogP contribution < -0.4 is 20.1 Å². The van der Waals surface area contributed by atoms with Gasteiger partial charge in [0.05, 0.1) is 13.2 Å². The van der Waals surface area contributed by atoms with Crippen LogP contribution >= 0.6 is 11.6 Å². The largest absolute Gasteiger partial charge is 0.490 e. The summed E-state index contributed by atoms with van der Waals surface area (Å²) in [4.78, 5) is 8.59. The molecule has 9 heteroatoms. The smallest absolute Gasteiger partial charge is 0.387 e. The van der Waals surface area contributed by atoms with Gasteiger partial charge in [-0.3, -0.25) is 0 Å². The molecule has 158 valence electrons. The van der Waals surface area contributed by atoms with Gasteiger partial charge in [-0.2, -0.15) is 8.78 Å². The van der Waals surface area contributed by atoms with Crippen molar-refractivity contribution in [2.24, 2.45) is 4.99 Å². The second kappa shape index (κ2) is 12.1. The molecule has 0 saturated carbocycles. The summed E-state index contributed by atoms with van der Waals surface area (Å²) in [6.45, 7) is 2.92. The molecule has 0 unspecified atom stereocenters. The van der Waals surface area contributed by atoms with Gasteiger partial charge < -0.3 is 20.1 Å². The van der Waals surface area contributed by atoms with Gasteiger partial charge in [-0.25, -0.2) is 9.98 Å². The third kappa shape index (κ3) is 8.11. The van der Waals surface area contributed by atoms with E-state index in [1.165, 1.54) is 6.07 Å². The minimum absolute atomic E-state index is 0.0104. The summed E-state index contributed by atoms with van der Waals surface area (Å²) in [5, 5.41) is 6.89. The third-order valence-corrected chi connectivity index (χ3v) is 4.01. The first-order valence-corrected chi connectivity index (χ1v) is 9.72. The fourth-order valence-corrected chi connectivity index (χ4v) is 2.62. The first-order chi connectivity index (χ1) is 14.0. The van der Waals surface area contributed by atoms with Crippen molar-refractivity contribution in [3.8, 4) is 11.5 Å². The van der Waals surface area contributed by atoms with Crippen molar-refractivity contribution in [1.82, 2.24) is 15.6 Å². The molecule has 0 aliphatic rings. The second-order valence-corrected chi connectivity index (χ2v) is 6.34. The highest BCUT2D eigenvalue weighted by atomic mass is 35.5. The van der Waals surface area contributed by atoms with Crippen molar-refractivity contribution >= 4 is 17.6 Å². The summed E-state index contributed by atoms with van der Waals surface area (Å²) >= 11 is 5.79. The van der Waals surface area contributed by atoms with Crippen LogP contribution in [0.15, 0.2) is 41.5 Å². The molecule has 0 radical (unpaired) electrons. The van der Waals surface area contributed by atoms with Gasteiger partial charge in [-0.15, -0.1) is 0 Å². The highest BCUT2D eigenvalue weighted by Crippen LogP contribution is 2.30. The molecule has 6 nitrogen and oxygen atoms in total. The van der Waals surface area contributed by atoms with Crippen LogP contribution in [0.3, 0.4) is 0 Å². The summed E-state index contributed by atoms with van der Waals surface area (Å²) in [7, 11) is 0. The normalized spacial score (nSPS) is 11.4. The zero-order chi connectivity index (χ0) is 21.1.